The average Bonchev–Trinajstić information content (AvgIpc) is 3.11. The number of hydrogen-bond acceptors (Lipinski definition) is 4. The number of nitrogens with one attached hydrogen (secondary N) is 1. The molecule has 2 aromatic rings. The van der Waals surface area contributed by atoms with E-state index in [1.165, 1.54) is 11.3 Å². The standard InChI is InChI=1S/C22H22N2O4S/c23-19(25)16-11-15(10-12-4-2-1-3-5-12)29-21(16)24-20(26)17-13-6-8-14(9-7-13)18(17)22(27)28/h1-6,8,11,13-14,17-18H,7,9-10H2,(H2,23,25)(H,24,26)(H,27,28)/t13-,14-,17-,18-/m0/s1. The van der Waals surface area contributed by atoms with E-state index >= 15 is 0 Å². The number of thiophene rings is 1. The molecule has 3 aliphatic carbocycles. The first kappa shape index (κ1) is 19.4. The third-order valence-electron chi connectivity index (χ3n) is 5.84. The van der Waals surface area contributed by atoms with Crippen LogP contribution < -0.4 is 11.1 Å². The summed E-state index contributed by atoms with van der Waals surface area (Å²) in [4.78, 5) is 37.7. The summed E-state index contributed by atoms with van der Waals surface area (Å²) >= 11 is 1.31. The Morgan fingerprint density at radius 3 is 2.31 bits per heavy atom. The van der Waals surface area contributed by atoms with E-state index in [1.807, 2.05) is 42.5 Å². The van der Waals surface area contributed by atoms with Crippen molar-refractivity contribution in [3.05, 3.63) is 64.6 Å². The number of primary amides is 1. The minimum Gasteiger partial charge on any atom is -0.481 e. The second-order valence-electron chi connectivity index (χ2n) is 7.65. The molecule has 6 nitrogen and oxygen atoms in total. The van der Waals surface area contributed by atoms with E-state index in [9.17, 15) is 19.5 Å². The fourth-order valence-corrected chi connectivity index (χ4v) is 5.58. The second kappa shape index (κ2) is 7.83. The number of allylic oxidation sites excluding steroid dienone is 2. The molecule has 4 atom stereocenters. The maximum atomic E-state index is 13.1. The van der Waals surface area contributed by atoms with Crippen molar-refractivity contribution in [2.24, 2.45) is 29.4 Å². The van der Waals surface area contributed by atoms with E-state index in [1.54, 1.807) is 6.07 Å². The van der Waals surface area contributed by atoms with Crippen LogP contribution in [0.3, 0.4) is 0 Å². The molecule has 2 amide bonds. The predicted octanol–water partition coefficient (Wildman–Crippen LogP) is 3.29. The summed E-state index contributed by atoms with van der Waals surface area (Å²) in [5.41, 5.74) is 6.87. The van der Waals surface area contributed by atoms with E-state index < -0.39 is 23.7 Å². The molecule has 0 unspecified atom stereocenters. The molecule has 5 rings (SSSR count). The average molecular weight is 410 g/mol. The third kappa shape index (κ3) is 3.82. The Hall–Kier alpha value is -2.93. The van der Waals surface area contributed by atoms with Gasteiger partial charge in [0.2, 0.25) is 5.91 Å². The van der Waals surface area contributed by atoms with Crippen molar-refractivity contribution in [3.8, 4) is 0 Å². The lowest BCUT2D eigenvalue weighted by molar-refractivity contribution is -0.151. The zero-order valence-electron chi connectivity index (χ0n) is 15.7. The highest BCUT2D eigenvalue weighted by Crippen LogP contribution is 2.45. The van der Waals surface area contributed by atoms with Crippen molar-refractivity contribution in [2.75, 3.05) is 5.32 Å². The maximum Gasteiger partial charge on any atom is 0.307 e. The molecule has 150 valence electrons. The van der Waals surface area contributed by atoms with Crippen molar-refractivity contribution >= 4 is 34.1 Å². The highest BCUT2D eigenvalue weighted by Gasteiger charge is 2.48. The quantitative estimate of drug-likeness (QED) is 0.635. The van der Waals surface area contributed by atoms with E-state index in [0.29, 0.717) is 11.4 Å². The van der Waals surface area contributed by atoms with Crippen LogP contribution in [0.1, 0.15) is 33.6 Å². The number of carboxylic acids is 1. The van der Waals surface area contributed by atoms with Gasteiger partial charge in [0.05, 0.1) is 17.4 Å². The molecule has 0 aliphatic heterocycles. The first-order valence-corrected chi connectivity index (χ1v) is 10.4. The van der Waals surface area contributed by atoms with Gasteiger partial charge in [0.1, 0.15) is 5.00 Å². The molecule has 0 radical (unpaired) electrons. The van der Waals surface area contributed by atoms with Crippen LogP contribution in [0.25, 0.3) is 0 Å². The zero-order chi connectivity index (χ0) is 20.5. The van der Waals surface area contributed by atoms with Gasteiger partial charge >= 0.3 is 5.97 Å². The molecule has 1 heterocycles. The predicted molar refractivity (Wildman–Crippen MR) is 111 cm³/mol. The molecule has 1 aromatic carbocycles. The number of carboxylic acid groups (broad SMARTS) is 1. The Kier molecular flexibility index (Phi) is 5.24. The fourth-order valence-electron chi connectivity index (χ4n) is 4.49. The minimum absolute atomic E-state index is 0.0955. The largest absolute Gasteiger partial charge is 0.481 e. The lowest BCUT2D eigenvalue weighted by Gasteiger charge is -2.41. The molecule has 2 bridgehead atoms. The van der Waals surface area contributed by atoms with Crippen LogP contribution in [0.5, 0.6) is 0 Å². The Morgan fingerprint density at radius 2 is 1.72 bits per heavy atom. The number of aliphatic carboxylic acids is 1. The number of carbonyl (C=O) groups excluding carboxylic acids is 2. The highest BCUT2D eigenvalue weighted by molar-refractivity contribution is 7.16. The van der Waals surface area contributed by atoms with Crippen LogP contribution >= 0.6 is 11.3 Å². The topological polar surface area (TPSA) is 109 Å². The molecule has 0 spiro atoms. The number of amides is 2. The highest BCUT2D eigenvalue weighted by atomic mass is 32.1. The van der Waals surface area contributed by atoms with Crippen molar-refractivity contribution in [1.82, 2.24) is 0 Å². The van der Waals surface area contributed by atoms with E-state index in [4.69, 9.17) is 5.73 Å². The Bertz CT molecular complexity index is 982. The number of anilines is 1. The summed E-state index contributed by atoms with van der Waals surface area (Å²) < 4.78 is 0. The summed E-state index contributed by atoms with van der Waals surface area (Å²) in [6, 6.07) is 11.5. The van der Waals surface area contributed by atoms with Crippen molar-refractivity contribution in [2.45, 2.75) is 19.3 Å². The number of benzene rings is 1. The van der Waals surface area contributed by atoms with Gasteiger partial charge in [-0.15, -0.1) is 11.3 Å². The van der Waals surface area contributed by atoms with Crippen molar-refractivity contribution < 1.29 is 19.5 Å². The van der Waals surface area contributed by atoms with E-state index in [-0.39, 0.29) is 23.3 Å². The summed E-state index contributed by atoms with van der Waals surface area (Å²) in [5.74, 6) is -3.52. The number of carbonyl (C=O) groups is 3. The lowest BCUT2D eigenvalue weighted by atomic mass is 9.62. The fraction of sp³-hybridized carbons (Fsp3) is 0.318. The minimum atomic E-state index is -0.949. The molecule has 29 heavy (non-hydrogen) atoms. The van der Waals surface area contributed by atoms with Crippen LogP contribution in [-0.2, 0) is 16.0 Å². The monoisotopic (exact) mass is 410 g/mol. The number of fused-ring (bicyclic) bond motifs is 2. The molecular formula is C22H22N2O4S. The molecular weight excluding hydrogens is 388 g/mol. The first-order valence-electron chi connectivity index (χ1n) is 9.62. The molecule has 0 saturated heterocycles. The number of nitrogens with two attached hydrogens (primary N) is 1. The molecule has 1 aromatic heterocycles. The van der Waals surface area contributed by atoms with Crippen molar-refractivity contribution in [1.29, 1.82) is 0 Å². The normalized spacial score (nSPS) is 25.0. The number of hydrogen-bond donors (Lipinski definition) is 3. The van der Waals surface area contributed by atoms with E-state index in [0.717, 1.165) is 23.3 Å². The molecule has 1 saturated carbocycles. The van der Waals surface area contributed by atoms with Crippen LogP contribution in [0.2, 0.25) is 0 Å². The summed E-state index contributed by atoms with van der Waals surface area (Å²) in [6.45, 7) is 0. The van der Waals surface area contributed by atoms with Gasteiger partial charge in [-0.3, -0.25) is 14.4 Å². The number of rotatable bonds is 6. The van der Waals surface area contributed by atoms with Gasteiger partial charge in [0, 0.05) is 11.3 Å². The Balaban J connectivity index is 1.58. The third-order valence-corrected chi connectivity index (χ3v) is 6.89. The summed E-state index contributed by atoms with van der Waals surface area (Å²) in [6.07, 6.45) is 6.09. The van der Waals surface area contributed by atoms with Gasteiger partial charge in [-0.1, -0.05) is 42.5 Å². The lowest BCUT2D eigenvalue weighted by Crippen LogP contribution is -2.47. The van der Waals surface area contributed by atoms with E-state index in [2.05, 4.69) is 5.32 Å². The SMILES string of the molecule is NC(=O)c1cc(Cc2ccccc2)sc1NC(=O)[C@@H]1[C@@H](C(=O)O)[C@H]2C=C[C@H]1CC2. The van der Waals surface area contributed by atoms with Crippen LogP contribution in [0.4, 0.5) is 5.00 Å². The molecule has 7 heteroatoms. The maximum absolute atomic E-state index is 13.1. The molecule has 1 fully saturated rings. The van der Waals surface area contributed by atoms with Crippen LogP contribution in [0, 0.1) is 23.7 Å². The smallest absolute Gasteiger partial charge is 0.307 e. The van der Waals surface area contributed by atoms with Gasteiger partial charge in [0.15, 0.2) is 0 Å². The first-order chi connectivity index (χ1) is 13.9. The van der Waals surface area contributed by atoms with Gasteiger partial charge < -0.3 is 16.2 Å². The molecule has 4 N–H and O–H groups in total. The van der Waals surface area contributed by atoms with Gasteiger partial charge in [-0.2, -0.15) is 0 Å². The zero-order valence-corrected chi connectivity index (χ0v) is 16.5. The Morgan fingerprint density at radius 1 is 1.07 bits per heavy atom. The summed E-state index contributed by atoms with van der Waals surface area (Å²) in [7, 11) is 0. The molecule has 3 aliphatic rings. The van der Waals surface area contributed by atoms with Crippen LogP contribution in [-0.4, -0.2) is 22.9 Å². The van der Waals surface area contributed by atoms with Crippen molar-refractivity contribution in [3.63, 3.8) is 0 Å². The summed E-state index contributed by atoms with van der Waals surface area (Å²) in [5, 5.41) is 12.9. The van der Waals surface area contributed by atoms with Gasteiger partial charge in [0.25, 0.3) is 5.91 Å². The van der Waals surface area contributed by atoms with Gasteiger partial charge in [-0.05, 0) is 36.3 Å². The van der Waals surface area contributed by atoms with Gasteiger partial charge in [-0.25, -0.2) is 0 Å². The van der Waals surface area contributed by atoms with Crippen LogP contribution in [0.15, 0.2) is 48.6 Å². The Labute approximate surface area is 172 Å². The second-order valence-corrected chi connectivity index (χ2v) is 8.79.